The number of alkyl halides is 3. The van der Waals surface area contributed by atoms with Gasteiger partial charge in [0.1, 0.15) is 12.4 Å². The van der Waals surface area contributed by atoms with Crippen LogP contribution < -0.4 is 4.74 Å². The predicted molar refractivity (Wildman–Crippen MR) is 52.6 cm³/mol. The third-order valence-electron chi connectivity index (χ3n) is 2.32. The van der Waals surface area contributed by atoms with Gasteiger partial charge in [0, 0.05) is 5.56 Å². The van der Waals surface area contributed by atoms with Crippen molar-refractivity contribution in [2.75, 3.05) is 6.61 Å². The summed E-state index contributed by atoms with van der Waals surface area (Å²) in [6, 6.07) is 2.96. The van der Waals surface area contributed by atoms with Gasteiger partial charge >= 0.3 is 12.1 Å². The Balaban J connectivity index is 2.46. The van der Waals surface area contributed by atoms with Crippen LogP contribution in [0.5, 0.6) is 5.75 Å². The van der Waals surface area contributed by atoms with E-state index < -0.39 is 17.7 Å². The van der Waals surface area contributed by atoms with Gasteiger partial charge in [-0.25, -0.2) is 4.79 Å². The van der Waals surface area contributed by atoms with E-state index in [0.29, 0.717) is 0 Å². The quantitative estimate of drug-likeness (QED) is 0.825. The van der Waals surface area contributed by atoms with E-state index in [1.165, 1.54) is 12.1 Å². The van der Waals surface area contributed by atoms with Gasteiger partial charge in [-0.3, -0.25) is 0 Å². The largest absolute Gasteiger partial charge is 0.488 e. The van der Waals surface area contributed by atoms with E-state index in [4.69, 9.17) is 9.84 Å². The average Bonchev–Trinajstić information content (AvgIpc) is 2.26. The monoisotopic (exact) mass is 244 g/mol. The van der Waals surface area contributed by atoms with E-state index in [9.17, 15) is 18.0 Å². The van der Waals surface area contributed by atoms with Crippen molar-refractivity contribution in [2.45, 2.75) is 6.18 Å². The van der Waals surface area contributed by atoms with Crippen LogP contribution >= 0.6 is 0 Å². The molecule has 1 heterocycles. The number of carbonyl (C=O) groups is 1. The molecule has 0 aromatic heterocycles. The number of rotatable bonds is 1. The molecule has 3 nitrogen and oxygen atoms in total. The van der Waals surface area contributed by atoms with Crippen molar-refractivity contribution in [2.24, 2.45) is 0 Å². The second-order valence-electron chi connectivity index (χ2n) is 3.51. The maximum atomic E-state index is 12.4. The number of carboxylic acid groups (broad SMARTS) is 1. The number of hydrogen-bond acceptors (Lipinski definition) is 2. The maximum absolute atomic E-state index is 12.4. The molecule has 1 aliphatic heterocycles. The number of hydrogen-bond donors (Lipinski definition) is 1. The van der Waals surface area contributed by atoms with Gasteiger partial charge in [-0.1, -0.05) is 0 Å². The molecule has 0 radical (unpaired) electrons. The smallest absolute Gasteiger partial charge is 0.416 e. The van der Waals surface area contributed by atoms with Crippen LogP contribution in [0.3, 0.4) is 0 Å². The lowest BCUT2D eigenvalue weighted by molar-refractivity contribution is -0.137. The molecule has 1 aliphatic rings. The highest BCUT2D eigenvalue weighted by Gasteiger charge is 2.31. The predicted octanol–water partition coefficient (Wildman–Crippen LogP) is 2.57. The highest BCUT2D eigenvalue weighted by molar-refractivity contribution is 5.93. The first-order chi connectivity index (χ1) is 7.88. The van der Waals surface area contributed by atoms with Crippen molar-refractivity contribution in [3.8, 4) is 5.75 Å². The number of aliphatic carboxylic acids is 1. The van der Waals surface area contributed by atoms with Crippen LogP contribution in [0.15, 0.2) is 23.8 Å². The molecule has 6 heteroatoms. The Morgan fingerprint density at radius 2 is 2.06 bits per heavy atom. The highest BCUT2D eigenvalue weighted by atomic mass is 19.4. The van der Waals surface area contributed by atoms with Crippen molar-refractivity contribution in [1.29, 1.82) is 0 Å². The van der Waals surface area contributed by atoms with Crippen LogP contribution in [-0.2, 0) is 11.0 Å². The summed E-state index contributed by atoms with van der Waals surface area (Å²) in [5.74, 6) is -0.948. The lowest BCUT2D eigenvalue weighted by Gasteiger charge is -2.17. The molecule has 0 amide bonds. The van der Waals surface area contributed by atoms with Gasteiger partial charge in [-0.15, -0.1) is 0 Å². The summed E-state index contributed by atoms with van der Waals surface area (Å²) in [6.45, 7) is -0.145. The third-order valence-corrected chi connectivity index (χ3v) is 2.32. The van der Waals surface area contributed by atoms with Gasteiger partial charge in [0.25, 0.3) is 0 Å². The molecule has 0 unspecified atom stereocenters. The molecule has 90 valence electrons. The van der Waals surface area contributed by atoms with Crippen molar-refractivity contribution in [3.05, 3.63) is 34.9 Å². The van der Waals surface area contributed by atoms with Gasteiger partial charge in [-0.05, 0) is 24.3 Å². The first kappa shape index (κ1) is 11.5. The lowest BCUT2D eigenvalue weighted by Crippen LogP contribution is -2.15. The summed E-state index contributed by atoms with van der Waals surface area (Å²) in [5.41, 5.74) is -0.775. The molecule has 1 aromatic rings. The molecule has 0 atom stereocenters. The number of carboxylic acids is 1. The van der Waals surface area contributed by atoms with Crippen LogP contribution in [0.2, 0.25) is 0 Å². The van der Waals surface area contributed by atoms with E-state index in [1.807, 2.05) is 0 Å². The molecule has 0 bridgehead atoms. The minimum absolute atomic E-state index is 0.0724. The van der Waals surface area contributed by atoms with Gasteiger partial charge in [0.2, 0.25) is 0 Å². The third kappa shape index (κ3) is 2.25. The van der Waals surface area contributed by atoms with Crippen LogP contribution in [0.1, 0.15) is 11.1 Å². The maximum Gasteiger partial charge on any atom is 0.416 e. The van der Waals surface area contributed by atoms with E-state index in [-0.39, 0.29) is 23.5 Å². The molecular formula is C11H7F3O3. The summed E-state index contributed by atoms with van der Waals surface area (Å²) in [6.07, 6.45) is -3.26. The van der Waals surface area contributed by atoms with Gasteiger partial charge < -0.3 is 9.84 Å². The van der Waals surface area contributed by atoms with E-state index in [0.717, 1.165) is 12.1 Å². The summed E-state index contributed by atoms with van der Waals surface area (Å²) < 4.78 is 42.4. The fraction of sp³-hybridized carbons (Fsp3) is 0.182. The number of halogens is 3. The lowest BCUT2D eigenvalue weighted by atomic mass is 10.0. The second kappa shape index (κ2) is 3.80. The second-order valence-corrected chi connectivity index (χ2v) is 3.51. The first-order valence-corrected chi connectivity index (χ1v) is 4.66. The Hall–Kier alpha value is -1.98. The van der Waals surface area contributed by atoms with Crippen LogP contribution in [0.25, 0.3) is 6.08 Å². The number of fused-ring (bicyclic) bond motifs is 1. The Morgan fingerprint density at radius 3 is 2.65 bits per heavy atom. The Kier molecular flexibility index (Phi) is 2.57. The van der Waals surface area contributed by atoms with E-state index in [2.05, 4.69) is 0 Å². The average molecular weight is 244 g/mol. The fourth-order valence-electron chi connectivity index (χ4n) is 1.48. The first-order valence-electron chi connectivity index (χ1n) is 4.66. The zero-order valence-electron chi connectivity index (χ0n) is 8.41. The standard InChI is InChI=1S/C11H7F3O3/c12-11(13,14)8-1-2-9-6(4-8)3-7(5-17-9)10(15)16/h1-4H,5H2,(H,15,16). The van der Waals surface area contributed by atoms with E-state index >= 15 is 0 Å². The molecule has 0 aliphatic carbocycles. The molecule has 17 heavy (non-hydrogen) atoms. The normalized spacial score (nSPS) is 14.6. The topological polar surface area (TPSA) is 46.5 Å². The van der Waals surface area contributed by atoms with Crippen molar-refractivity contribution < 1.29 is 27.8 Å². The number of benzene rings is 1. The Bertz CT molecular complexity index is 503. The molecule has 1 aromatic carbocycles. The molecule has 2 rings (SSSR count). The summed E-state index contributed by atoms with van der Waals surface area (Å²) in [7, 11) is 0. The van der Waals surface area contributed by atoms with E-state index in [1.54, 1.807) is 0 Å². The molecular weight excluding hydrogens is 237 g/mol. The summed E-state index contributed by atoms with van der Waals surface area (Å²) in [5, 5.41) is 8.72. The Labute approximate surface area is 94.1 Å². The highest BCUT2D eigenvalue weighted by Crippen LogP contribution is 2.34. The van der Waals surface area contributed by atoms with Crippen LogP contribution in [0.4, 0.5) is 13.2 Å². The summed E-state index contributed by atoms with van der Waals surface area (Å²) in [4.78, 5) is 10.7. The van der Waals surface area contributed by atoms with Crippen molar-refractivity contribution >= 4 is 12.0 Å². The molecule has 0 saturated carbocycles. The molecule has 0 spiro atoms. The minimum Gasteiger partial charge on any atom is -0.488 e. The van der Waals surface area contributed by atoms with Crippen molar-refractivity contribution in [3.63, 3.8) is 0 Å². The zero-order chi connectivity index (χ0) is 12.6. The molecule has 1 N–H and O–H groups in total. The molecule has 0 saturated heterocycles. The molecule has 0 fully saturated rings. The Morgan fingerprint density at radius 1 is 1.35 bits per heavy atom. The van der Waals surface area contributed by atoms with Crippen molar-refractivity contribution in [1.82, 2.24) is 0 Å². The van der Waals surface area contributed by atoms with Crippen LogP contribution in [-0.4, -0.2) is 17.7 Å². The van der Waals surface area contributed by atoms with Gasteiger partial charge in [0.05, 0.1) is 11.1 Å². The zero-order valence-corrected chi connectivity index (χ0v) is 8.41. The SMILES string of the molecule is O=C(O)C1=Cc2cc(C(F)(F)F)ccc2OC1. The van der Waals surface area contributed by atoms with Crippen LogP contribution in [0, 0.1) is 0 Å². The van der Waals surface area contributed by atoms with Gasteiger partial charge in [-0.2, -0.15) is 13.2 Å². The van der Waals surface area contributed by atoms with Gasteiger partial charge in [0.15, 0.2) is 0 Å². The number of ether oxygens (including phenoxy) is 1. The fourth-order valence-corrected chi connectivity index (χ4v) is 1.48. The minimum atomic E-state index is -4.45. The summed E-state index contributed by atoms with van der Waals surface area (Å²) >= 11 is 0.